The van der Waals surface area contributed by atoms with Crippen molar-refractivity contribution in [2.24, 2.45) is 0 Å². The zero-order valence-corrected chi connectivity index (χ0v) is 16.1. The summed E-state index contributed by atoms with van der Waals surface area (Å²) in [5.74, 6) is 0.965. The molecule has 27 heavy (non-hydrogen) atoms. The normalized spacial score (nSPS) is 17.9. The van der Waals surface area contributed by atoms with E-state index in [1.165, 1.54) is 24.1 Å². The number of benzene rings is 1. The monoisotopic (exact) mass is 380 g/mol. The van der Waals surface area contributed by atoms with Gasteiger partial charge in [-0.25, -0.2) is 4.98 Å². The van der Waals surface area contributed by atoms with Crippen LogP contribution >= 0.6 is 11.6 Å². The van der Waals surface area contributed by atoms with Crippen LogP contribution in [0.15, 0.2) is 67.0 Å². The van der Waals surface area contributed by atoms with E-state index in [1.807, 2.05) is 36.5 Å². The molecular formula is C22H25ClN4. The molecule has 4 nitrogen and oxygen atoms in total. The molecule has 1 aromatic carbocycles. The summed E-state index contributed by atoms with van der Waals surface area (Å²) in [4.78, 5) is 6.99. The average Bonchev–Trinajstić information content (AvgIpc) is 3.18. The highest BCUT2D eigenvalue weighted by Gasteiger charge is 2.20. The molecule has 0 aliphatic carbocycles. The molecule has 0 bridgehead atoms. The number of hydrogen-bond acceptors (Lipinski definition) is 3. The summed E-state index contributed by atoms with van der Waals surface area (Å²) in [7, 11) is 0. The van der Waals surface area contributed by atoms with E-state index >= 15 is 0 Å². The van der Waals surface area contributed by atoms with E-state index in [4.69, 9.17) is 11.6 Å². The molecule has 1 aliphatic heterocycles. The van der Waals surface area contributed by atoms with Gasteiger partial charge in [-0.3, -0.25) is 4.90 Å². The van der Waals surface area contributed by atoms with Gasteiger partial charge in [0.2, 0.25) is 0 Å². The predicted molar refractivity (Wildman–Crippen MR) is 110 cm³/mol. The van der Waals surface area contributed by atoms with E-state index in [0.717, 1.165) is 37.0 Å². The molecule has 2 aromatic heterocycles. The van der Waals surface area contributed by atoms with Gasteiger partial charge in [-0.1, -0.05) is 29.8 Å². The van der Waals surface area contributed by atoms with E-state index in [2.05, 4.69) is 50.2 Å². The molecule has 3 heterocycles. The molecule has 5 heteroatoms. The van der Waals surface area contributed by atoms with Gasteiger partial charge in [0.25, 0.3) is 0 Å². The molecule has 140 valence electrons. The summed E-state index contributed by atoms with van der Waals surface area (Å²) >= 11 is 5.99. The Bertz CT molecular complexity index is 844. The van der Waals surface area contributed by atoms with Crippen LogP contribution in [0.4, 0.5) is 0 Å². The maximum absolute atomic E-state index is 5.99. The van der Waals surface area contributed by atoms with E-state index in [0.29, 0.717) is 6.04 Å². The van der Waals surface area contributed by atoms with E-state index < -0.39 is 0 Å². The number of rotatable bonds is 6. The predicted octanol–water partition coefficient (Wildman–Crippen LogP) is 4.28. The van der Waals surface area contributed by atoms with Crippen LogP contribution in [0.1, 0.15) is 24.1 Å². The van der Waals surface area contributed by atoms with Gasteiger partial charge in [0.1, 0.15) is 5.82 Å². The standard InChI is InChI=1S/C22H25ClN4/c23-19-10-8-18(9-11-19)16-26-13-3-5-20(17-26)25-15-21-6-4-14-27(21)22-7-1-2-12-24-22/h1-2,4,6-12,14,20,25H,3,5,13,15-17H2. The van der Waals surface area contributed by atoms with E-state index in [1.54, 1.807) is 0 Å². The molecule has 1 fully saturated rings. The lowest BCUT2D eigenvalue weighted by Crippen LogP contribution is -2.45. The highest BCUT2D eigenvalue weighted by molar-refractivity contribution is 6.30. The average molecular weight is 381 g/mol. The third-order valence-corrected chi connectivity index (χ3v) is 5.38. The van der Waals surface area contributed by atoms with Crippen LogP contribution in [0.25, 0.3) is 5.82 Å². The zero-order valence-electron chi connectivity index (χ0n) is 15.4. The van der Waals surface area contributed by atoms with Crippen molar-refractivity contribution in [1.29, 1.82) is 0 Å². The Morgan fingerprint density at radius 1 is 1.07 bits per heavy atom. The molecule has 0 spiro atoms. The van der Waals surface area contributed by atoms with E-state index in [-0.39, 0.29) is 0 Å². The molecule has 0 radical (unpaired) electrons. The Balaban J connectivity index is 1.34. The number of halogens is 1. The summed E-state index contributed by atoms with van der Waals surface area (Å²) in [5.41, 5.74) is 2.56. The zero-order chi connectivity index (χ0) is 18.5. The van der Waals surface area contributed by atoms with Gasteiger partial charge in [-0.15, -0.1) is 0 Å². The van der Waals surface area contributed by atoms with Crippen molar-refractivity contribution < 1.29 is 0 Å². The van der Waals surface area contributed by atoms with Crippen LogP contribution in [0.2, 0.25) is 5.02 Å². The molecule has 1 atom stereocenters. The molecule has 0 amide bonds. The minimum absolute atomic E-state index is 0.512. The fourth-order valence-corrected chi connectivity index (χ4v) is 3.87. The van der Waals surface area contributed by atoms with Crippen LogP contribution in [0.3, 0.4) is 0 Å². The van der Waals surface area contributed by atoms with Crippen LogP contribution in [0, 0.1) is 0 Å². The maximum Gasteiger partial charge on any atom is 0.136 e. The Kier molecular flexibility index (Phi) is 5.87. The smallest absolute Gasteiger partial charge is 0.136 e. The Morgan fingerprint density at radius 2 is 1.96 bits per heavy atom. The van der Waals surface area contributed by atoms with E-state index in [9.17, 15) is 0 Å². The number of hydrogen-bond donors (Lipinski definition) is 1. The van der Waals surface area contributed by atoms with Gasteiger partial charge >= 0.3 is 0 Å². The van der Waals surface area contributed by atoms with Gasteiger partial charge in [0.15, 0.2) is 0 Å². The summed E-state index contributed by atoms with van der Waals surface area (Å²) in [6.45, 7) is 4.07. The first kappa shape index (κ1) is 18.2. The number of nitrogens with one attached hydrogen (secondary N) is 1. The van der Waals surface area contributed by atoms with Gasteiger partial charge in [-0.2, -0.15) is 0 Å². The van der Waals surface area contributed by atoms with Crippen molar-refractivity contribution in [2.75, 3.05) is 13.1 Å². The first-order valence-electron chi connectivity index (χ1n) is 9.56. The van der Waals surface area contributed by atoms with Crippen molar-refractivity contribution in [3.05, 3.63) is 83.3 Å². The topological polar surface area (TPSA) is 33.1 Å². The SMILES string of the molecule is Clc1ccc(CN2CCCC(NCc3cccn3-c3ccccn3)C2)cc1. The Morgan fingerprint density at radius 3 is 2.78 bits per heavy atom. The Labute approximate surface area is 165 Å². The van der Waals surface area contributed by atoms with Crippen LogP contribution < -0.4 is 5.32 Å². The first-order valence-corrected chi connectivity index (χ1v) is 9.93. The third-order valence-electron chi connectivity index (χ3n) is 5.13. The number of nitrogens with zero attached hydrogens (tertiary/aromatic N) is 3. The highest BCUT2D eigenvalue weighted by atomic mass is 35.5. The molecular weight excluding hydrogens is 356 g/mol. The molecule has 1 saturated heterocycles. The molecule has 1 unspecified atom stereocenters. The molecule has 3 aromatic rings. The minimum atomic E-state index is 0.512. The summed E-state index contributed by atoms with van der Waals surface area (Å²) < 4.78 is 2.15. The molecule has 1 N–H and O–H groups in total. The second-order valence-electron chi connectivity index (χ2n) is 7.14. The maximum atomic E-state index is 5.99. The first-order chi connectivity index (χ1) is 13.3. The lowest BCUT2D eigenvalue weighted by molar-refractivity contribution is 0.182. The van der Waals surface area contributed by atoms with Gasteiger partial charge in [-0.05, 0) is 61.3 Å². The van der Waals surface area contributed by atoms with Crippen LogP contribution in [0.5, 0.6) is 0 Å². The summed E-state index contributed by atoms with van der Waals surface area (Å²) in [6.07, 6.45) is 6.36. The lowest BCUT2D eigenvalue weighted by atomic mass is 10.0. The van der Waals surface area contributed by atoms with Crippen molar-refractivity contribution in [3.8, 4) is 5.82 Å². The largest absolute Gasteiger partial charge is 0.307 e. The van der Waals surface area contributed by atoms with Crippen LogP contribution in [-0.2, 0) is 13.1 Å². The number of aromatic nitrogens is 2. The summed E-state index contributed by atoms with van der Waals surface area (Å²) in [5, 5.41) is 4.55. The minimum Gasteiger partial charge on any atom is -0.307 e. The fraction of sp³-hybridized carbons (Fsp3) is 0.318. The van der Waals surface area contributed by atoms with Crippen molar-refractivity contribution in [2.45, 2.75) is 32.0 Å². The molecule has 4 rings (SSSR count). The van der Waals surface area contributed by atoms with Crippen LogP contribution in [-0.4, -0.2) is 33.6 Å². The van der Waals surface area contributed by atoms with Crippen molar-refractivity contribution in [3.63, 3.8) is 0 Å². The van der Waals surface area contributed by atoms with Gasteiger partial charge in [0, 0.05) is 48.8 Å². The number of likely N-dealkylation sites (tertiary alicyclic amines) is 1. The highest BCUT2D eigenvalue weighted by Crippen LogP contribution is 2.17. The Hall–Kier alpha value is -2.14. The van der Waals surface area contributed by atoms with Gasteiger partial charge < -0.3 is 9.88 Å². The van der Waals surface area contributed by atoms with Crippen molar-refractivity contribution >= 4 is 11.6 Å². The summed E-state index contributed by atoms with van der Waals surface area (Å²) in [6, 6.07) is 19.0. The number of pyridine rings is 1. The molecule has 0 saturated carbocycles. The fourth-order valence-electron chi connectivity index (χ4n) is 3.74. The number of piperidine rings is 1. The second kappa shape index (κ2) is 8.70. The van der Waals surface area contributed by atoms with Gasteiger partial charge in [0.05, 0.1) is 0 Å². The lowest BCUT2D eigenvalue weighted by Gasteiger charge is -2.33. The van der Waals surface area contributed by atoms with Crippen molar-refractivity contribution in [1.82, 2.24) is 19.8 Å². The quantitative estimate of drug-likeness (QED) is 0.692. The third kappa shape index (κ3) is 4.78. The molecule has 1 aliphatic rings. The second-order valence-corrected chi connectivity index (χ2v) is 7.58.